The van der Waals surface area contributed by atoms with Crippen LogP contribution in [0.5, 0.6) is 0 Å². The number of ketones is 1. The highest BCUT2D eigenvalue weighted by atomic mass is 35.5. The summed E-state index contributed by atoms with van der Waals surface area (Å²) in [5.41, 5.74) is 0.578. The summed E-state index contributed by atoms with van der Waals surface area (Å²) in [6.45, 7) is 4.97. The minimum absolute atomic E-state index is 0.00101. The van der Waals surface area contributed by atoms with E-state index in [1.807, 2.05) is 0 Å². The Morgan fingerprint density at radius 3 is 2.37 bits per heavy atom. The van der Waals surface area contributed by atoms with Gasteiger partial charge < -0.3 is 15.2 Å². The smallest absolute Gasteiger partial charge is 0.294 e. The molecular formula is C18H18Cl2FN3O3. The Bertz CT molecular complexity index is 938. The number of carbonyl (C=O) groups is 3. The zero-order valence-electron chi connectivity index (χ0n) is 15.1. The predicted octanol–water partition coefficient (Wildman–Crippen LogP) is 3.74. The number of Topliss-reactive ketones (excluding diaryl/α,β-unsaturated/α-hetero) is 1. The van der Waals surface area contributed by atoms with E-state index in [9.17, 15) is 18.8 Å². The molecule has 0 aliphatic carbocycles. The minimum atomic E-state index is -0.797. The van der Waals surface area contributed by atoms with Gasteiger partial charge in [0.15, 0.2) is 0 Å². The lowest BCUT2D eigenvalue weighted by Gasteiger charge is -2.08. The Hall–Kier alpha value is -2.38. The fourth-order valence-corrected chi connectivity index (χ4v) is 3.07. The summed E-state index contributed by atoms with van der Waals surface area (Å²) in [5.74, 6) is -2.82. The molecule has 0 aliphatic heterocycles. The second-order valence-corrected chi connectivity index (χ2v) is 7.00. The standard InChI is InChI=1S/C18H18Cl2FN3O3/c1-8(2)22-18(27)15(25)14-9(3)13(16(20)24(14)4)17(26)23-10-5-6-12(21)11(19)7-10/h5-8H,1-4H3,(H,22,27)(H,23,26). The molecule has 1 aromatic carbocycles. The summed E-state index contributed by atoms with van der Waals surface area (Å²) >= 11 is 11.9. The van der Waals surface area contributed by atoms with E-state index in [0.717, 1.165) is 6.07 Å². The normalized spacial score (nSPS) is 10.8. The molecule has 2 N–H and O–H groups in total. The molecule has 144 valence electrons. The summed E-state index contributed by atoms with van der Waals surface area (Å²) in [6.07, 6.45) is 0. The van der Waals surface area contributed by atoms with E-state index in [1.165, 1.54) is 30.7 Å². The van der Waals surface area contributed by atoms with E-state index in [-0.39, 0.29) is 38.7 Å². The molecule has 0 bridgehead atoms. The molecule has 2 rings (SSSR count). The van der Waals surface area contributed by atoms with Crippen LogP contribution in [0, 0.1) is 12.7 Å². The van der Waals surface area contributed by atoms with Crippen molar-refractivity contribution in [3.8, 4) is 0 Å². The van der Waals surface area contributed by atoms with E-state index >= 15 is 0 Å². The molecule has 27 heavy (non-hydrogen) atoms. The van der Waals surface area contributed by atoms with Crippen molar-refractivity contribution < 1.29 is 18.8 Å². The number of anilines is 1. The van der Waals surface area contributed by atoms with Gasteiger partial charge in [0.25, 0.3) is 17.6 Å². The Labute approximate surface area is 165 Å². The van der Waals surface area contributed by atoms with Crippen LogP contribution in [0.25, 0.3) is 0 Å². The van der Waals surface area contributed by atoms with Crippen molar-refractivity contribution in [3.05, 3.63) is 51.0 Å². The Morgan fingerprint density at radius 1 is 1.19 bits per heavy atom. The predicted molar refractivity (Wildman–Crippen MR) is 102 cm³/mol. The molecule has 0 spiro atoms. The van der Waals surface area contributed by atoms with Crippen molar-refractivity contribution in [2.45, 2.75) is 26.8 Å². The van der Waals surface area contributed by atoms with Gasteiger partial charge >= 0.3 is 0 Å². The monoisotopic (exact) mass is 413 g/mol. The van der Waals surface area contributed by atoms with Crippen LogP contribution in [0.3, 0.4) is 0 Å². The van der Waals surface area contributed by atoms with E-state index in [0.29, 0.717) is 0 Å². The summed E-state index contributed by atoms with van der Waals surface area (Å²) < 4.78 is 14.5. The Morgan fingerprint density at radius 2 is 1.81 bits per heavy atom. The summed E-state index contributed by atoms with van der Waals surface area (Å²) in [7, 11) is 1.48. The van der Waals surface area contributed by atoms with Crippen molar-refractivity contribution in [2.24, 2.45) is 7.05 Å². The third kappa shape index (κ3) is 4.31. The lowest BCUT2D eigenvalue weighted by atomic mass is 10.1. The van der Waals surface area contributed by atoms with Crippen LogP contribution in [0.4, 0.5) is 10.1 Å². The minimum Gasteiger partial charge on any atom is -0.347 e. The highest BCUT2D eigenvalue weighted by Crippen LogP contribution is 2.28. The van der Waals surface area contributed by atoms with Crippen LogP contribution in [-0.4, -0.2) is 28.2 Å². The van der Waals surface area contributed by atoms with Gasteiger partial charge in [-0.1, -0.05) is 23.2 Å². The van der Waals surface area contributed by atoms with Gasteiger partial charge in [-0.25, -0.2) is 4.39 Å². The fraction of sp³-hybridized carbons (Fsp3) is 0.278. The highest BCUT2D eigenvalue weighted by Gasteiger charge is 2.29. The molecule has 1 heterocycles. The number of benzene rings is 1. The van der Waals surface area contributed by atoms with Crippen LogP contribution >= 0.6 is 23.2 Å². The largest absolute Gasteiger partial charge is 0.347 e. The zero-order valence-corrected chi connectivity index (χ0v) is 16.6. The fourth-order valence-electron chi connectivity index (χ4n) is 2.58. The molecular weight excluding hydrogens is 396 g/mol. The maximum Gasteiger partial charge on any atom is 0.294 e. The maximum atomic E-state index is 13.3. The second kappa shape index (κ2) is 8.10. The Kier molecular flexibility index (Phi) is 6.28. The second-order valence-electron chi connectivity index (χ2n) is 6.24. The third-order valence-corrected chi connectivity index (χ3v) is 4.54. The van der Waals surface area contributed by atoms with E-state index in [1.54, 1.807) is 13.8 Å². The van der Waals surface area contributed by atoms with Crippen molar-refractivity contribution in [1.82, 2.24) is 9.88 Å². The van der Waals surface area contributed by atoms with Crippen LogP contribution in [0.2, 0.25) is 10.2 Å². The topological polar surface area (TPSA) is 80.2 Å². The van der Waals surface area contributed by atoms with Crippen molar-refractivity contribution in [2.75, 3.05) is 5.32 Å². The number of amides is 2. The highest BCUT2D eigenvalue weighted by molar-refractivity contribution is 6.44. The lowest BCUT2D eigenvalue weighted by Crippen LogP contribution is -2.37. The van der Waals surface area contributed by atoms with Gasteiger partial charge in [0.05, 0.1) is 16.3 Å². The third-order valence-electron chi connectivity index (χ3n) is 3.81. The molecule has 0 atom stereocenters. The molecule has 0 saturated carbocycles. The molecule has 0 unspecified atom stereocenters. The quantitative estimate of drug-likeness (QED) is 0.578. The first-order chi connectivity index (χ1) is 12.5. The first-order valence-electron chi connectivity index (χ1n) is 8.01. The van der Waals surface area contributed by atoms with Crippen LogP contribution in [0.1, 0.15) is 40.3 Å². The van der Waals surface area contributed by atoms with Gasteiger partial charge in [-0.15, -0.1) is 0 Å². The molecule has 0 aliphatic rings. The van der Waals surface area contributed by atoms with Gasteiger partial charge in [-0.05, 0) is 44.5 Å². The van der Waals surface area contributed by atoms with Gasteiger partial charge in [0.2, 0.25) is 0 Å². The SMILES string of the molecule is Cc1c(C(=O)Nc2ccc(F)c(Cl)c2)c(Cl)n(C)c1C(=O)C(=O)NC(C)C. The van der Waals surface area contributed by atoms with Crippen LogP contribution in [-0.2, 0) is 11.8 Å². The van der Waals surface area contributed by atoms with Gasteiger partial charge in [-0.2, -0.15) is 0 Å². The van der Waals surface area contributed by atoms with Crippen molar-refractivity contribution >= 4 is 46.5 Å². The molecule has 6 nitrogen and oxygen atoms in total. The van der Waals surface area contributed by atoms with E-state index in [2.05, 4.69) is 10.6 Å². The average molecular weight is 414 g/mol. The Balaban J connectivity index is 2.38. The first kappa shape index (κ1) is 20.9. The molecule has 0 saturated heterocycles. The number of rotatable bonds is 5. The average Bonchev–Trinajstić information content (AvgIpc) is 2.79. The summed E-state index contributed by atoms with van der Waals surface area (Å²) in [4.78, 5) is 37.1. The maximum absolute atomic E-state index is 13.3. The van der Waals surface area contributed by atoms with Gasteiger partial charge in [0.1, 0.15) is 11.0 Å². The number of halogens is 3. The summed E-state index contributed by atoms with van der Waals surface area (Å²) in [5, 5.41) is 4.91. The molecule has 0 fully saturated rings. The van der Waals surface area contributed by atoms with Gasteiger partial charge in [0, 0.05) is 18.8 Å². The van der Waals surface area contributed by atoms with Crippen LogP contribution < -0.4 is 10.6 Å². The number of hydrogen-bond acceptors (Lipinski definition) is 3. The first-order valence-corrected chi connectivity index (χ1v) is 8.76. The molecule has 2 amide bonds. The lowest BCUT2D eigenvalue weighted by molar-refractivity contribution is -0.117. The number of carbonyl (C=O) groups excluding carboxylic acids is 3. The number of nitrogens with one attached hydrogen (secondary N) is 2. The van der Waals surface area contributed by atoms with Crippen LogP contribution in [0.15, 0.2) is 18.2 Å². The number of hydrogen-bond donors (Lipinski definition) is 2. The van der Waals surface area contributed by atoms with E-state index < -0.39 is 23.4 Å². The van der Waals surface area contributed by atoms with Crippen molar-refractivity contribution in [1.29, 1.82) is 0 Å². The molecule has 9 heteroatoms. The molecule has 1 aromatic heterocycles. The molecule has 2 aromatic rings. The van der Waals surface area contributed by atoms with E-state index in [4.69, 9.17) is 23.2 Å². The number of aromatic nitrogens is 1. The van der Waals surface area contributed by atoms with Crippen molar-refractivity contribution in [3.63, 3.8) is 0 Å². The molecule has 0 radical (unpaired) electrons. The summed E-state index contributed by atoms with van der Waals surface area (Å²) in [6, 6.07) is 3.49. The van der Waals surface area contributed by atoms with Gasteiger partial charge in [-0.3, -0.25) is 14.4 Å². The zero-order chi connectivity index (χ0) is 20.5. The number of nitrogens with zero attached hydrogens (tertiary/aromatic N) is 1.